The molecule has 6 aliphatic carbocycles. The Hall–Kier alpha value is -5.00. The summed E-state index contributed by atoms with van der Waals surface area (Å²) in [4.78, 5) is 0. The third kappa shape index (κ3) is 10.9. The number of rotatable bonds is 18. The average molecular weight is 991 g/mol. The molecule has 0 amide bonds. The highest BCUT2D eigenvalue weighted by Gasteiger charge is 2.62. The summed E-state index contributed by atoms with van der Waals surface area (Å²) in [5.74, 6) is 18.7. The molecule has 4 fully saturated rings. The number of benzene rings is 4. The molecule has 0 heterocycles. The molecule has 0 bridgehead atoms. The van der Waals surface area contributed by atoms with Crippen molar-refractivity contribution in [2.45, 2.75) is 140 Å². The molecule has 10 rings (SSSR count). The van der Waals surface area contributed by atoms with E-state index in [1.165, 1.54) is 22.3 Å². The Morgan fingerprint density at radius 3 is 1.25 bits per heavy atom. The van der Waals surface area contributed by atoms with Gasteiger partial charge in [-0.05, 0) is 220 Å². The molecule has 6 aliphatic rings. The first-order valence-electron chi connectivity index (χ1n) is 27.8. The number of aromatic hydroxyl groups is 2. The Labute approximate surface area is 434 Å². The predicted molar refractivity (Wildman–Crippen MR) is 284 cm³/mol. The Morgan fingerprint density at radius 2 is 0.849 bits per heavy atom. The smallest absolute Gasteiger partial charge is 0.131 e. The van der Waals surface area contributed by atoms with Crippen molar-refractivity contribution in [1.82, 2.24) is 0 Å². The van der Waals surface area contributed by atoms with E-state index in [9.17, 15) is 20.4 Å². The number of aryl methyl sites for hydroxylation is 2. The van der Waals surface area contributed by atoms with Crippen LogP contribution in [-0.2, 0) is 27.1 Å². The third-order valence-electron chi connectivity index (χ3n) is 18.8. The fourth-order valence-electron chi connectivity index (χ4n) is 14.7. The zero-order valence-corrected chi connectivity index (χ0v) is 43.3. The van der Waals surface area contributed by atoms with Crippen LogP contribution in [0.25, 0.3) is 0 Å². The molecule has 0 spiro atoms. The van der Waals surface area contributed by atoms with Crippen molar-refractivity contribution < 1.29 is 44.1 Å². The number of phenols is 2. The van der Waals surface area contributed by atoms with E-state index in [1.807, 2.05) is 72.8 Å². The largest absolute Gasteiger partial charge is 0.508 e. The molecule has 4 saturated carbocycles. The quantitative estimate of drug-likeness (QED) is 0.0569. The molecule has 4 N–H and O–H groups in total. The number of fused-ring (bicyclic) bond motifs is 10. The van der Waals surface area contributed by atoms with Crippen molar-refractivity contribution in [1.29, 1.82) is 0 Å². The van der Waals surface area contributed by atoms with Gasteiger partial charge in [0.2, 0.25) is 0 Å². The van der Waals surface area contributed by atoms with Crippen LogP contribution in [0, 0.1) is 58.2 Å². The van der Waals surface area contributed by atoms with Gasteiger partial charge in [0.05, 0.1) is 13.2 Å². The van der Waals surface area contributed by atoms with Gasteiger partial charge in [-0.2, -0.15) is 0 Å². The molecule has 4 aromatic carbocycles. The lowest BCUT2D eigenvalue weighted by molar-refractivity contribution is -0.0648. The minimum Gasteiger partial charge on any atom is -0.508 e. The van der Waals surface area contributed by atoms with Gasteiger partial charge in [0.15, 0.2) is 0 Å². The van der Waals surface area contributed by atoms with Crippen LogP contribution in [0.1, 0.15) is 149 Å². The lowest BCUT2D eigenvalue weighted by Gasteiger charge is -2.52. The van der Waals surface area contributed by atoms with Gasteiger partial charge in [-0.15, -0.1) is 0 Å². The summed E-state index contributed by atoms with van der Waals surface area (Å²) in [6.07, 6.45) is 15.0. The third-order valence-corrected chi connectivity index (χ3v) is 18.8. The van der Waals surface area contributed by atoms with Crippen molar-refractivity contribution in [3.05, 3.63) is 118 Å². The molecular formula is C64H78O9. The first-order chi connectivity index (χ1) is 35.5. The molecule has 73 heavy (non-hydrogen) atoms. The molecule has 388 valence electrons. The van der Waals surface area contributed by atoms with Gasteiger partial charge in [0.25, 0.3) is 0 Å². The molecule has 10 atom stereocenters. The molecule has 0 radical (unpaired) electrons. The second-order valence-corrected chi connectivity index (χ2v) is 22.8. The normalized spacial score (nSPS) is 30.5. The highest BCUT2D eigenvalue weighted by molar-refractivity contribution is 5.45. The highest BCUT2D eigenvalue weighted by atomic mass is 16.5. The van der Waals surface area contributed by atoms with Gasteiger partial charge < -0.3 is 44.1 Å². The van der Waals surface area contributed by atoms with Crippen LogP contribution in [0.3, 0.4) is 0 Å². The zero-order chi connectivity index (χ0) is 50.5. The highest BCUT2D eigenvalue weighted by Crippen LogP contribution is 2.65. The molecule has 0 aromatic heterocycles. The van der Waals surface area contributed by atoms with E-state index in [0.717, 1.165) is 125 Å². The summed E-state index contributed by atoms with van der Waals surface area (Å²) >= 11 is 0. The summed E-state index contributed by atoms with van der Waals surface area (Å²) in [5.41, 5.74) is 4.75. The van der Waals surface area contributed by atoms with E-state index in [0.29, 0.717) is 99.9 Å². The molecule has 9 heteroatoms. The average Bonchev–Trinajstić information content (AvgIpc) is 3.83. The summed E-state index contributed by atoms with van der Waals surface area (Å²) < 4.78 is 29.3. The molecule has 0 aliphatic heterocycles. The predicted octanol–water partition coefficient (Wildman–Crippen LogP) is 11.4. The second-order valence-electron chi connectivity index (χ2n) is 22.8. The molecular weight excluding hydrogens is 913 g/mol. The lowest BCUT2D eigenvalue weighted by Crippen LogP contribution is -2.50. The van der Waals surface area contributed by atoms with Gasteiger partial charge in [0, 0.05) is 74.4 Å². The van der Waals surface area contributed by atoms with Crippen molar-refractivity contribution in [2.24, 2.45) is 34.5 Å². The number of phenolic OH excluding ortho intramolecular Hbond substituents is 2. The number of ether oxygens (including phenoxy) is 5. The van der Waals surface area contributed by atoms with Crippen LogP contribution in [0.2, 0.25) is 0 Å². The van der Waals surface area contributed by atoms with Gasteiger partial charge in [-0.1, -0.05) is 49.7 Å². The number of hydrogen-bond acceptors (Lipinski definition) is 9. The second kappa shape index (κ2) is 22.5. The van der Waals surface area contributed by atoms with E-state index < -0.39 is 11.2 Å². The Kier molecular flexibility index (Phi) is 15.8. The van der Waals surface area contributed by atoms with E-state index in [-0.39, 0.29) is 10.8 Å². The summed E-state index contributed by atoms with van der Waals surface area (Å²) in [6, 6.07) is 27.6. The number of hydrogen-bond donors (Lipinski definition) is 4. The van der Waals surface area contributed by atoms with Gasteiger partial charge >= 0.3 is 0 Å². The summed E-state index contributed by atoms with van der Waals surface area (Å²) in [5, 5.41) is 44.1. The minimum absolute atomic E-state index is 0.220. The monoisotopic (exact) mass is 991 g/mol. The fraction of sp³-hybridized carbons (Fsp3) is 0.562. The molecule has 0 saturated heterocycles. The Bertz CT molecular complexity index is 2460. The molecule has 4 aromatic rings. The SMILES string of the molecule is C[C@]12CC[C@@H]3c4ccc(O)cc4CC[C@H]3[C@@H]1CC[C@@]2(O)C#Cc1ccc(OCCCOCCCOCCCOCCCOc2ccc(C#C[C@]3(O)CC[C@H]4[C@@H]5CCc6cc(O)ccc6[C@H]5CC[C@@]43C)cc2)cc1. The lowest BCUT2D eigenvalue weighted by atomic mass is 9.53. The van der Waals surface area contributed by atoms with Crippen molar-refractivity contribution in [3.8, 4) is 46.7 Å². The number of aliphatic hydroxyl groups is 2. The van der Waals surface area contributed by atoms with Crippen LogP contribution in [0.4, 0.5) is 0 Å². The summed E-state index contributed by atoms with van der Waals surface area (Å²) in [7, 11) is 0. The first kappa shape index (κ1) is 51.5. The molecule has 9 nitrogen and oxygen atoms in total. The molecule has 0 unspecified atom stereocenters. The van der Waals surface area contributed by atoms with E-state index in [1.54, 1.807) is 0 Å². The van der Waals surface area contributed by atoms with Gasteiger partial charge in [-0.25, -0.2) is 0 Å². The van der Waals surface area contributed by atoms with Crippen LogP contribution < -0.4 is 9.47 Å². The first-order valence-corrected chi connectivity index (χ1v) is 27.8. The van der Waals surface area contributed by atoms with E-state index >= 15 is 0 Å². The van der Waals surface area contributed by atoms with Crippen molar-refractivity contribution in [3.63, 3.8) is 0 Å². The van der Waals surface area contributed by atoms with Crippen LogP contribution in [-0.4, -0.2) is 84.5 Å². The van der Waals surface area contributed by atoms with Gasteiger partial charge in [0.1, 0.15) is 34.2 Å². The van der Waals surface area contributed by atoms with Crippen LogP contribution in [0.5, 0.6) is 23.0 Å². The maximum absolute atomic E-state index is 12.0. The fourth-order valence-corrected chi connectivity index (χ4v) is 14.7. The maximum Gasteiger partial charge on any atom is 0.131 e. The maximum atomic E-state index is 12.0. The van der Waals surface area contributed by atoms with Crippen molar-refractivity contribution in [2.75, 3.05) is 52.9 Å². The van der Waals surface area contributed by atoms with Crippen molar-refractivity contribution >= 4 is 0 Å². The summed E-state index contributed by atoms with van der Waals surface area (Å²) in [6.45, 7) is 9.61. The topological polar surface area (TPSA) is 127 Å². The van der Waals surface area contributed by atoms with E-state index in [2.05, 4.69) is 49.7 Å². The Balaban J connectivity index is 0.535. The van der Waals surface area contributed by atoms with Crippen LogP contribution >= 0.6 is 0 Å². The standard InChI is InChI=1S/C64H78O9/c1-61-29-25-55-53-21-13-49(65)43-47(53)11-19-57(55)59(61)27-33-63(61,67)31-23-45-7-15-51(16-8-45)72-41-5-39-70-37-3-35-69-36-4-38-71-40-6-42-73-52-17-9-46(10-18-52)24-32-64(68)34-28-60-58-20-12-48-44-50(66)14-22-54(48)56(58)26-30-62(60,64)2/h7-10,13-18,21-22,43-44,55-60,65-68H,3-6,11-12,19-20,25-30,33-42H2,1-2H3/t55-,56-,57-,58-,59+,60+,61+,62+,63+,64+/m1/s1. The van der Waals surface area contributed by atoms with E-state index in [4.69, 9.17) is 23.7 Å². The zero-order valence-electron chi connectivity index (χ0n) is 43.3. The minimum atomic E-state index is -0.993. The van der Waals surface area contributed by atoms with Crippen LogP contribution in [0.15, 0.2) is 84.9 Å². The Morgan fingerprint density at radius 1 is 0.466 bits per heavy atom. The van der Waals surface area contributed by atoms with Gasteiger partial charge in [-0.3, -0.25) is 0 Å².